The first-order valence-corrected chi connectivity index (χ1v) is 11.6. The van der Waals surface area contributed by atoms with Crippen molar-refractivity contribution in [1.82, 2.24) is 14.7 Å². The van der Waals surface area contributed by atoms with E-state index in [-0.39, 0.29) is 11.8 Å². The summed E-state index contributed by atoms with van der Waals surface area (Å²) in [6.45, 7) is 2.20. The number of hydrogen-bond donors (Lipinski definition) is 0. The van der Waals surface area contributed by atoms with Crippen LogP contribution >= 0.6 is 11.3 Å². The molecule has 3 aliphatic rings. The van der Waals surface area contributed by atoms with Crippen LogP contribution in [0.5, 0.6) is 0 Å². The standard InChI is InChI=1S/C22H33N3O2S/c1-23(2)13-21(26)24(3)17-10-15-8-9-25(12-16(15)11-17)22(27)19-14-28-20-7-5-4-6-18(19)20/h14-17H,4-13H2,1-3H3/t15-,16-,17+/m1/s1. The monoisotopic (exact) mass is 403 g/mol. The van der Waals surface area contributed by atoms with E-state index in [1.54, 1.807) is 11.3 Å². The second-order valence-corrected chi connectivity index (χ2v) is 10.2. The number of likely N-dealkylation sites (N-methyl/N-ethyl adjacent to an activating group) is 2. The predicted octanol–water partition coefficient (Wildman–Crippen LogP) is 2.89. The number of carbonyl (C=O) groups is 2. The largest absolute Gasteiger partial charge is 0.342 e. The molecule has 1 aliphatic heterocycles. The Hall–Kier alpha value is -1.40. The molecule has 6 heteroatoms. The molecule has 1 aromatic heterocycles. The van der Waals surface area contributed by atoms with E-state index in [0.717, 1.165) is 50.8 Å². The van der Waals surface area contributed by atoms with Crippen molar-refractivity contribution >= 4 is 23.2 Å². The van der Waals surface area contributed by atoms with E-state index >= 15 is 0 Å². The quantitative estimate of drug-likeness (QED) is 0.776. The number of hydrogen-bond acceptors (Lipinski definition) is 4. The molecular weight excluding hydrogens is 370 g/mol. The van der Waals surface area contributed by atoms with Crippen molar-refractivity contribution in [3.05, 3.63) is 21.4 Å². The number of rotatable bonds is 4. The van der Waals surface area contributed by atoms with Gasteiger partial charge in [0.1, 0.15) is 0 Å². The molecule has 2 amide bonds. The number of fused-ring (bicyclic) bond motifs is 2. The summed E-state index contributed by atoms with van der Waals surface area (Å²) in [7, 11) is 5.83. The molecule has 0 unspecified atom stereocenters. The molecule has 1 saturated heterocycles. The molecule has 4 rings (SSSR count). The molecule has 2 fully saturated rings. The third-order valence-electron chi connectivity index (χ3n) is 7.01. The van der Waals surface area contributed by atoms with Gasteiger partial charge in [0.2, 0.25) is 5.91 Å². The Labute approximate surface area is 172 Å². The van der Waals surface area contributed by atoms with Crippen LogP contribution in [0.25, 0.3) is 0 Å². The first kappa shape index (κ1) is 19.9. The Morgan fingerprint density at radius 2 is 1.89 bits per heavy atom. The number of thiophene rings is 1. The van der Waals surface area contributed by atoms with Crippen LogP contribution in [0.15, 0.2) is 5.38 Å². The maximum atomic E-state index is 13.2. The molecule has 28 heavy (non-hydrogen) atoms. The summed E-state index contributed by atoms with van der Waals surface area (Å²) in [4.78, 5) is 33.1. The molecule has 0 radical (unpaired) electrons. The number of piperidine rings is 1. The molecule has 1 aromatic rings. The summed E-state index contributed by atoms with van der Waals surface area (Å²) in [5.74, 6) is 1.64. The summed E-state index contributed by atoms with van der Waals surface area (Å²) in [5, 5.41) is 2.11. The van der Waals surface area contributed by atoms with E-state index in [1.807, 2.05) is 30.9 Å². The Balaban J connectivity index is 1.39. The zero-order chi connectivity index (χ0) is 19.8. The maximum Gasteiger partial charge on any atom is 0.254 e. The Morgan fingerprint density at radius 3 is 2.68 bits per heavy atom. The topological polar surface area (TPSA) is 43.9 Å². The summed E-state index contributed by atoms with van der Waals surface area (Å²) >= 11 is 1.78. The van der Waals surface area contributed by atoms with Crippen molar-refractivity contribution in [2.75, 3.05) is 40.8 Å². The van der Waals surface area contributed by atoms with Gasteiger partial charge in [-0.2, -0.15) is 0 Å². The molecule has 3 atom stereocenters. The van der Waals surface area contributed by atoms with Gasteiger partial charge < -0.3 is 14.7 Å². The minimum Gasteiger partial charge on any atom is -0.342 e. The van der Waals surface area contributed by atoms with Gasteiger partial charge in [0, 0.05) is 36.4 Å². The average molecular weight is 404 g/mol. The highest BCUT2D eigenvalue weighted by Crippen LogP contribution is 2.41. The average Bonchev–Trinajstić information content (AvgIpc) is 3.29. The predicted molar refractivity (Wildman–Crippen MR) is 113 cm³/mol. The van der Waals surface area contributed by atoms with Gasteiger partial charge in [-0.05, 0) is 76.4 Å². The van der Waals surface area contributed by atoms with Crippen molar-refractivity contribution < 1.29 is 9.59 Å². The van der Waals surface area contributed by atoms with Crippen molar-refractivity contribution in [3.63, 3.8) is 0 Å². The Morgan fingerprint density at radius 1 is 1.14 bits per heavy atom. The van der Waals surface area contributed by atoms with Gasteiger partial charge in [0.05, 0.1) is 12.1 Å². The lowest BCUT2D eigenvalue weighted by molar-refractivity contribution is -0.132. The van der Waals surface area contributed by atoms with Gasteiger partial charge in [-0.15, -0.1) is 11.3 Å². The molecule has 0 aromatic carbocycles. The minimum absolute atomic E-state index is 0.200. The van der Waals surface area contributed by atoms with Crippen molar-refractivity contribution in [2.45, 2.75) is 51.0 Å². The third-order valence-corrected chi connectivity index (χ3v) is 8.10. The van der Waals surface area contributed by atoms with E-state index in [9.17, 15) is 9.59 Å². The summed E-state index contributed by atoms with van der Waals surface area (Å²) in [6.07, 6.45) is 7.89. The maximum absolute atomic E-state index is 13.2. The second-order valence-electron chi connectivity index (χ2n) is 9.19. The lowest BCUT2D eigenvalue weighted by atomic mass is 9.88. The van der Waals surface area contributed by atoms with Crippen LogP contribution in [0, 0.1) is 11.8 Å². The van der Waals surface area contributed by atoms with Gasteiger partial charge in [0.25, 0.3) is 5.91 Å². The summed E-state index contributed by atoms with van der Waals surface area (Å²) < 4.78 is 0. The molecule has 154 valence electrons. The molecular formula is C22H33N3O2S. The Kier molecular flexibility index (Phi) is 5.79. The molecule has 5 nitrogen and oxygen atoms in total. The van der Waals surface area contributed by atoms with Crippen LogP contribution in [0.3, 0.4) is 0 Å². The first-order valence-electron chi connectivity index (χ1n) is 10.7. The van der Waals surface area contributed by atoms with Gasteiger partial charge in [0.15, 0.2) is 0 Å². The minimum atomic E-state index is 0.200. The van der Waals surface area contributed by atoms with E-state index in [0.29, 0.717) is 24.4 Å². The normalized spacial score (nSPS) is 26.9. The number of amides is 2. The van der Waals surface area contributed by atoms with E-state index < -0.39 is 0 Å². The number of nitrogens with zero attached hydrogens (tertiary/aromatic N) is 3. The molecule has 0 bridgehead atoms. The Bertz CT molecular complexity index is 744. The van der Waals surface area contributed by atoms with Gasteiger partial charge in [-0.3, -0.25) is 9.59 Å². The highest BCUT2D eigenvalue weighted by Gasteiger charge is 2.41. The van der Waals surface area contributed by atoms with Crippen LogP contribution in [0.4, 0.5) is 0 Å². The molecule has 0 N–H and O–H groups in total. The van der Waals surface area contributed by atoms with Crippen molar-refractivity contribution in [1.29, 1.82) is 0 Å². The van der Waals surface area contributed by atoms with Crippen molar-refractivity contribution in [3.8, 4) is 0 Å². The van der Waals surface area contributed by atoms with Gasteiger partial charge in [-0.1, -0.05) is 0 Å². The first-order chi connectivity index (χ1) is 13.4. The number of carbonyl (C=O) groups excluding carboxylic acids is 2. The van der Waals surface area contributed by atoms with E-state index in [2.05, 4.69) is 10.3 Å². The third kappa shape index (κ3) is 3.86. The molecule has 2 heterocycles. The fourth-order valence-corrected chi connectivity index (χ4v) is 6.50. The highest BCUT2D eigenvalue weighted by molar-refractivity contribution is 7.10. The molecule has 0 spiro atoms. The van der Waals surface area contributed by atoms with Crippen LogP contribution in [0.2, 0.25) is 0 Å². The molecule has 1 saturated carbocycles. The fourth-order valence-electron chi connectivity index (χ4n) is 5.38. The smallest absolute Gasteiger partial charge is 0.254 e. The zero-order valence-corrected chi connectivity index (χ0v) is 18.3. The summed E-state index contributed by atoms with van der Waals surface area (Å²) in [5.41, 5.74) is 2.31. The van der Waals surface area contributed by atoms with E-state index in [4.69, 9.17) is 0 Å². The zero-order valence-electron chi connectivity index (χ0n) is 17.4. The second kappa shape index (κ2) is 8.15. The number of aryl methyl sites for hydroxylation is 1. The summed E-state index contributed by atoms with van der Waals surface area (Å²) in [6, 6.07) is 0.325. The number of likely N-dealkylation sites (tertiary alicyclic amines) is 1. The fraction of sp³-hybridized carbons (Fsp3) is 0.727. The van der Waals surface area contributed by atoms with Crippen LogP contribution in [0.1, 0.15) is 52.9 Å². The van der Waals surface area contributed by atoms with Gasteiger partial charge >= 0.3 is 0 Å². The van der Waals surface area contributed by atoms with Crippen LogP contribution in [-0.4, -0.2) is 73.3 Å². The highest BCUT2D eigenvalue weighted by atomic mass is 32.1. The van der Waals surface area contributed by atoms with E-state index in [1.165, 1.54) is 23.3 Å². The SMILES string of the molecule is CN(C)CC(=O)N(C)[C@H]1C[C@H]2CCN(C(=O)c3csc4c3CCCC4)C[C@H]2C1. The van der Waals surface area contributed by atoms with Crippen LogP contribution < -0.4 is 0 Å². The lowest BCUT2D eigenvalue weighted by Crippen LogP contribution is -2.42. The van der Waals surface area contributed by atoms with Gasteiger partial charge in [-0.25, -0.2) is 0 Å². The molecule has 2 aliphatic carbocycles. The van der Waals surface area contributed by atoms with Crippen molar-refractivity contribution in [2.24, 2.45) is 11.8 Å². The van der Waals surface area contributed by atoms with Crippen LogP contribution in [-0.2, 0) is 17.6 Å². The lowest BCUT2D eigenvalue weighted by Gasteiger charge is -2.35.